The van der Waals surface area contributed by atoms with Crippen molar-refractivity contribution in [2.75, 3.05) is 6.79 Å². The van der Waals surface area contributed by atoms with Crippen molar-refractivity contribution in [3.05, 3.63) is 88.9 Å². The van der Waals surface area contributed by atoms with Gasteiger partial charge in [0.1, 0.15) is 24.6 Å². The molecule has 8 nitrogen and oxygen atoms in total. The molecule has 1 aromatic carbocycles. The molecule has 2 aliphatic rings. The van der Waals surface area contributed by atoms with Crippen LogP contribution in [-0.2, 0) is 16.1 Å². The predicted octanol–water partition coefficient (Wildman–Crippen LogP) is 2.79. The Hall–Kier alpha value is -3.59. The van der Waals surface area contributed by atoms with Crippen LogP contribution in [0.15, 0.2) is 75.9 Å². The van der Waals surface area contributed by atoms with Crippen LogP contribution in [0.5, 0.6) is 0 Å². The summed E-state index contributed by atoms with van der Waals surface area (Å²) in [5.41, 5.74) is 3.30. The van der Waals surface area contributed by atoms with Crippen molar-refractivity contribution in [3.8, 4) is 0 Å². The number of allylic oxidation sites excluding steroid dienone is 1. The molecule has 162 valence electrons. The number of hydrogen-bond acceptors (Lipinski definition) is 7. The van der Waals surface area contributed by atoms with Crippen LogP contribution in [0.4, 0.5) is 5.69 Å². The number of carbonyl (C=O) groups excluding carboxylic acids is 1. The van der Waals surface area contributed by atoms with Crippen LogP contribution in [0.1, 0.15) is 21.6 Å². The lowest BCUT2D eigenvalue weighted by atomic mass is 10.1. The highest BCUT2D eigenvalue weighted by Gasteiger charge is 2.28. The van der Waals surface area contributed by atoms with E-state index < -0.39 is 5.91 Å². The van der Waals surface area contributed by atoms with Crippen molar-refractivity contribution >= 4 is 22.6 Å². The van der Waals surface area contributed by atoms with Crippen LogP contribution >= 0.6 is 0 Å². The molecule has 32 heavy (non-hydrogen) atoms. The molecule has 8 heteroatoms. The normalized spacial score (nSPS) is 20.3. The molecule has 1 amide bonds. The van der Waals surface area contributed by atoms with Gasteiger partial charge >= 0.3 is 0 Å². The van der Waals surface area contributed by atoms with E-state index in [0.717, 1.165) is 0 Å². The van der Waals surface area contributed by atoms with Gasteiger partial charge in [-0.15, -0.1) is 0 Å². The fourth-order valence-corrected chi connectivity index (χ4v) is 3.69. The highest BCUT2D eigenvalue weighted by Crippen LogP contribution is 2.23. The summed E-state index contributed by atoms with van der Waals surface area (Å²) in [6, 6.07) is 10.9. The van der Waals surface area contributed by atoms with Crippen molar-refractivity contribution in [3.63, 3.8) is 0 Å². The van der Waals surface area contributed by atoms with Gasteiger partial charge in [0, 0.05) is 22.8 Å². The van der Waals surface area contributed by atoms with Crippen molar-refractivity contribution in [2.45, 2.75) is 25.7 Å². The first kappa shape index (κ1) is 20.3. The molecule has 0 saturated carbocycles. The van der Waals surface area contributed by atoms with E-state index in [1.54, 1.807) is 25.3 Å². The summed E-state index contributed by atoms with van der Waals surface area (Å²) in [4.78, 5) is 22.1. The van der Waals surface area contributed by atoms with Crippen molar-refractivity contribution in [1.82, 2.24) is 10.3 Å². The summed E-state index contributed by atoms with van der Waals surface area (Å²) < 4.78 is 17.0. The molecule has 0 bridgehead atoms. The SMILES string of the molecule is Cc1ncc(CO)c2cc(C(=O)NC3=C[C@@H]4OCO[C@@H]4C=C3)c(=Nc3ccccc3)oc12. The van der Waals surface area contributed by atoms with Crippen LogP contribution in [0, 0.1) is 6.92 Å². The largest absolute Gasteiger partial charge is 0.436 e. The van der Waals surface area contributed by atoms with Gasteiger partial charge in [0.15, 0.2) is 5.58 Å². The van der Waals surface area contributed by atoms with Crippen LogP contribution < -0.4 is 10.9 Å². The van der Waals surface area contributed by atoms with Gasteiger partial charge in [-0.25, -0.2) is 4.99 Å². The first-order valence-electron chi connectivity index (χ1n) is 10.2. The second-order valence-corrected chi connectivity index (χ2v) is 7.50. The van der Waals surface area contributed by atoms with Crippen LogP contribution in [-0.4, -0.2) is 35.0 Å². The standard InChI is InChI=1S/C24H21N3O5/c1-14-22-18(15(12-28)11-25-14)10-19(24(32-22)27-16-5-3-2-4-6-16)23(29)26-17-7-8-20-21(9-17)31-13-30-20/h2-11,20-21,28H,12-13H2,1H3,(H,26,29)/t20-,21+/m1/s1. The number of ether oxygens (including phenoxy) is 2. The molecule has 0 spiro atoms. The van der Waals surface area contributed by atoms with Gasteiger partial charge in [0.25, 0.3) is 5.91 Å². The lowest BCUT2D eigenvalue weighted by Gasteiger charge is -2.17. The molecule has 3 aromatic rings. The maximum absolute atomic E-state index is 13.3. The van der Waals surface area contributed by atoms with Gasteiger partial charge in [-0.1, -0.05) is 24.3 Å². The zero-order valence-electron chi connectivity index (χ0n) is 17.3. The van der Waals surface area contributed by atoms with Gasteiger partial charge in [-0.2, -0.15) is 0 Å². The molecule has 0 radical (unpaired) electrons. The number of aliphatic hydroxyl groups excluding tert-OH is 1. The Balaban J connectivity index is 1.61. The summed E-state index contributed by atoms with van der Waals surface area (Å²) in [6.45, 7) is 1.79. The molecule has 2 N–H and O–H groups in total. The van der Waals surface area contributed by atoms with E-state index in [2.05, 4.69) is 15.3 Å². The Morgan fingerprint density at radius 2 is 2.06 bits per heavy atom. The number of aryl methyl sites for hydroxylation is 1. The summed E-state index contributed by atoms with van der Waals surface area (Å²) in [5.74, 6) is -0.392. The molecule has 0 unspecified atom stereocenters. The first-order valence-corrected chi connectivity index (χ1v) is 10.2. The quantitative estimate of drug-likeness (QED) is 0.658. The highest BCUT2D eigenvalue weighted by molar-refractivity contribution is 5.98. The van der Waals surface area contributed by atoms with E-state index in [-0.39, 0.29) is 36.7 Å². The van der Waals surface area contributed by atoms with Gasteiger partial charge in [-0.05, 0) is 37.3 Å². The third kappa shape index (κ3) is 3.87. The van der Waals surface area contributed by atoms with Crippen LogP contribution in [0.3, 0.4) is 0 Å². The average molecular weight is 431 g/mol. The lowest BCUT2D eigenvalue weighted by molar-refractivity contribution is 0.0503. The molecule has 2 aromatic heterocycles. The Labute approximate surface area is 183 Å². The Bertz CT molecular complexity index is 1310. The van der Waals surface area contributed by atoms with E-state index >= 15 is 0 Å². The minimum atomic E-state index is -0.392. The minimum absolute atomic E-state index is 0.141. The topological polar surface area (TPSA) is 106 Å². The molecule has 5 rings (SSSR count). The number of pyridine rings is 1. The summed E-state index contributed by atoms with van der Waals surface area (Å²) in [6.07, 6.45) is 6.65. The van der Waals surface area contributed by atoms with Crippen molar-refractivity contribution in [2.24, 2.45) is 4.99 Å². The monoisotopic (exact) mass is 431 g/mol. The highest BCUT2D eigenvalue weighted by atomic mass is 16.7. The molecule has 1 aliphatic carbocycles. The molecule has 2 atom stereocenters. The number of aliphatic hydroxyl groups is 1. The predicted molar refractivity (Wildman–Crippen MR) is 116 cm³/mol. The minimum Gasteiger partial charge on any atom is -0.436 e. The maximum Gasteiger partial charge on any atom is 0.261 e. The number of hydrogen-bond donors (Lipinski definition) is 2. The van der Waals surface area contributed by atoms with E-state index in [1.165, 1.54) is 0 Å². The number of rotatable bonds is 4. The van der Waals surface area contributed by atoms with E-state index in [4.69, 9.17) is 13.9 Å². The Morgan fingerprint density at radius 3 is 2.88 bits per heavy atom. The van der Waals surface area contributed by atoms with E-state index in [9.17, 15) is 9.90 Å². The van der Waals surface area contributed by atoms with Crippen molar-refractivity contribution in [1.29, 1.82) is 0 Å². The number of nitrogens with zero attached hydrogens (tertiary/aromatic N) is 2. The number of para-hydroxylation sites is 1. The molecule has 1 fully saturated rings. The lowest BCUT2D eigenvalue weighted by Crippen LogP contribution is -2.31. The fraction of sp³-hybridized carbons (Fsp3) is 0.208. The smallest absolute Gasteiger partial charge is 0.261 e. The summed E-state index contributed by atoms with van der Waals surface area (Å²) in [5, 5.41) is 13.3. The molecule has 3 heterocycles. The maximum atomic E-state index is 13.3. The molecule has 1 saturated heterocycles. The zero-order chi connectivity index (χ0) is 22.1. The summed E-state index contributed by atoms with van der Waals surface area (Å²) >= 11 is 0. The van der Waals surface area contributed by atoms with Crippen LogP contribution in [0.25, 0.3) is 11.0 Å². The molecular weight excluding hydrogens is 410 g/mol. The van der Waals surface area contributed by atoms with Gasteiger partial charge in [0.2, 0.25) is 5.55 Å². The van der Waals surface area contributed by atoms with Crippen molar-refractivity contribution < 1.29 is 23.8 Å². The zero-order valence-corrected chi connectivity index (χ0v) is 17.3. The van der Waals surface area contributed by atoms with Gasteiger partial charge in [-0.3, -0.25) is 9.78 Å². The van der Waals surface area contributed by atoms with E-state index in [0.29, 0.717) is 33.6 Å². The third-order valence-corrected chi connectivity index (χ3v) is 5.36. The molecule has 1 aliphatic heterocycles. The number of benzene rings is 1. The Morgan fingerprint density at radius 1 is 1.25 bits per heavy atom. The second-order valence-electron chi connectivity index (χ2n) is 7.50. The third-order valence-electron chi connectivity index (χ3n) is 5.36. The number of carbonyl (C=O) groups is 1. The number of aromatic nitrogens is 1. The molecular formula is C24H21N3O5. The summed E-state index contributed by atoms with van der Waals surface area (Å²) in [7, 11) is 0. The first-order chi connectivity index (χ1) is 15.6. The number of amides is 1. The number of fused-ring (bicyclic) bond motifs is 2. The average Bonchev–Trinajstić information content (AvgIpc) is 3.28. The number of nitrogens with one attached hydrogen (secondary N) is 1. The second kappa shape index (κ2) is 8.51. The Kier molecular flexibility index (Phi) is 5.40. The fourth-order valence-electron chi connectivity index (χ4n) is 3.69. The van der Waals surface area contributed by atoms with Gasteiger partial charge < -0.3 is 24.3 Å². The van der Waals surface area contributed by atoms with Gasteiger partial charge in [0.05, 0.1) is 18.0 Å². The van der Waals surface area contributed by atoms with E-state index in [1.807, 2.05) is 42.5 Å². The van der Waals surface area contributed by atoms with Crippen LogP contribution in [0.2, 0.25) is 0 Å².